The highest BCUT2D eigenvalue weighted by atomic mass is 32.2. The number of thioether (sulfide) groups is 1. The Morgan fingerprint density at radius 1 is 1.10 bits per heavy atom. The lowest BCUT2D eigenvalue weighted by atomic mass is 10.2. The third kappa shape index (κ3) is 5.81. The molecule has 0 bridgehead atoms. The van der Waals surface area contributed by atoms with Crippen LogP contribution in [0.15, 0.2) is 53.4 Å². The molecule has 0 atom stereocenters. The van der Waals surface area contributed by atoms with Crippen LogP contribution in [0.5, 0.6) is 0 Å². The smallest absolute Gasteiger partial charge is 0.229 e. The topological polar surface area (TPSA) is 37.6 Å². The van der Waals surface area contributed by atoms with Crippen molar-refractivity contribution in [2.75, 3.05) is 36.8 Å². The lowest BCUT2D eigenvalue weighted by molar-refractivity contribution is -0.894. The number of hydrogen-bond acceptors (Lipinski definition) is 4. The highest BCUT2D eigenvalue weighted by Crippen LogP contribution is 2.31. The minimum absolute atomic E-state index is 0.164. The molecule has 1 heterocycles. The number of aromatic nitrogens is 1. The number of fused-ring (bicyclic) bond motifs is 1. The number of rotatable bonds is 10. The molecular weight excluding hydrogens is 398 g/mol. The molecule has 1 amide bonds. The second-order valence-electron chi connectivity index (χ2n) is 7.08. The number of carbonyl (C=O) groups excluding carboxylic acids is 1. The molecule has 29 heavy (non-hydrogen) atoms. The van der Waals surface area contributed by atoms with E-state index in [1.54, 1.807) is 23.1 Å². The maximum atomic E-state index is 13.2. The Kier molecular flexibility index (Phi) is 8.09. The van der Waals surface area contributed by atoms with E-state index in [1.807, 2.05) is 23.1 Å². The average molecular weight is 429 g/mol. The van der Waals surface area contributed by atoms with Crippen molar-refractivity contribution in [1.29, 1.82) is 0 Å². The van der Waals surface area contributed by atoms with Crippen molar-refractivity contribution >= 4 is 44.4 Å². The van der Waals surface area contributed by atoms with Crippen LogP contribution in [-0.2, 0) is 4.79 Å². The molecule has 154 valence electrons. The summed E-state index contributed by atoms with van der Waals surface area (Å²) in [7, 11) is 0. The first kappa shape index (κ1) is 21.8. The number of carbonyl (C=O) groups is 1. The molecule has 0 saturated carbocycles. The zero-order chi connectivity index (χ0) is 20.6. The van der Waals surface area contributed by atoms with E-state index in [4.69, 9.17) is 4.98 Å². The fourth-order valence-electron chi connectivity index (χ4n) is 3.30. The Morgan fingerprint density at radius 2 is 1.86 bits per heavy atom. The number of anilines is 1. The molecule has 0 fully saturated rings. The first-order chi connectivity index (χ1) is 14.1. The predicted octanol–water partition coefficient (Wildman–Crippen LogP) is 4.04. The van der Waals surface area contributed by atoms with E-state index >= 15 is 0 Å². The monoisotopic (exact) mass is 428 g/mol. The fraction of sp³-hybridized carbons (Fsp3) is 0.391. The van der Waals surface area contributed by atoms with Gasteiger partial charge in [0.2, 0.25) is 5.91 Å². The number of benzene rings is 2. The number of thiazole rings is 1. The van der Waals surface area contributed by atoms with E-state index < -0.39 is 0 Å². The molecular formula is C23H30N3OS2+. The molecule has 1 aromatic heterocycles. The summed E-state index contributed by atoms with van der Waals surface area (Å²) in [5, 5.41) is 0.829. The molecule has 0 aliphatic carbocycles. The first-order valence-corrected chi connectivity index (χ1v) is 12.1. The molecule has 2 aromatic carbocycles. The van der Waals surface area contributed by atoms with Crippen molar-refractivity contribution in [1.82, 2.24) is 4.98 Å². The quantitative estimate of drug-likeness (QED) is 0.495. The Bertz CT molecular complexity index is 922. The van der Waals surface area contributed by atoms with Gasteiger partial charge in [0, 0.05) is 17.1 Å². The number of quaternary nitrogens is 1. The summed E-state index contributed by atoms with van der Waals surface area (Å²) in [6, 6.07) is 16.5. The van der Waals surface area contributed by atoms with Crippen LogP contribution in [0.25, 0.3) is 10.2 Å². The van der Waals surface area contributed by atoms with Crippen molar-refractivity contribution in [3.8, 4) is 0 Å². The van der Waals surface area contributed by atoms with Gasteiger partial charge in [0.15, 0.2) is 5.13 Å². The number of nitrogens with one attached hydrogen (secondary N) is 1. The molecule has 0 radical (unpaired) electrons. The summed E-state index contributed by atoms with van der Waals surface area (Å²) >= 11 is 3.36. The largest absolute Gasteiger partial charge is 0.334 e. The number of para-hydroxylation sites is 1. The van der Waals surface area contributed by atoms with Crippen LogP contribution >= 0.6 is 23.1 Å². The summed E-state index contributed by atoms with van der Waals surface area (Å²) in [6.45, 7) is 10.3. The van der Waals surface area contributed by atoms with Gasteiger partial charge in [0.05, 0.1) is 36.4 Å². The van der Waals surface area contributed by atoms with Crippen LogP contribution in [0, 0.1) is 6.92 Å². The third-order valence-corrected chi connectivity index (χ3v) is 7.22. The van der Waals surface area contributed by atoms with Gasteiger partial charge in [-0.25, -0.2) is 4.98 Å². The number of amides is 1. The molecule has 3 rings (SSSR count). The second-order valence-corrected chi connectivity index (χ2v) is 9.26. The molecule has 0 unspecified atom stereocenters. The summed E-state index contributed by atoms with van der Waals surface area (Å²) in [5.74, 6) is 0.943. The summed E-state index contributed by atoms with van der Waals surface area (Å²) < 4.78 is 1.15. The van der Waals surface area contributed by atoms with Gasteiger partial charge in [0.25, 0.3) is 0 Å². The van der Waals surface area contributed by atoms with Gasteiger partial charge in [-0.2, -0.15) is 0 Å². The number of nitrogens with zero attached hydrogens (tertiary/aromatic N) is 2. The lowest BCUT2D eigenvalue weighted by Crippen LogP contribution is -3.12. The normalized spacial score (nSPS) is 11.3. The third-order valence-electron chi connectivity index (χ3n) is 5.16. The Morgan fingerprint density at radius 3 is 2.55 bits per heavy atom. The fourth-order valence-corrected chi connectivity index (χ4v) is 5.25. The van der Waals surface area contributed by atoms with Crippen molar-refractivity contribution < 1.29 is 9.69 Å². The molecule has 6 heteroatoms. The van der Waals surface area contributed by atoms with Gasteiger partial charge in [-0.05, 0) is 44.5 Å². The van der Waals surface area contributed by atoms with Crippen LogP contribution in [0.4, 0.5) is 5.13 Å². The molecule has 0 aliphatic heterocycles. The molecule has 1 N–H and O–H groups in total. The molecule has 4 nitrogen and oxygen atoms in total. The Labute approximate surface area is 181 Å². The summed E-state index contributed by atoms with van der Waals surface area (Å²) in [6.07, 6.45) is 0.516. The van der Waals surface area contributed by atoms with E-state index in [0.29, 0.717) is 13.0 Å². The van der Waals surface area contributed by atoms with Gasteiger partial charge in [-0.3, -0.25) is 9.69 Å². The maximum absolute atomic E-state index is 13.2. The molecule has 0 spiro atoms. The van der Waals surface area contributed by atoms with E-state index in [9.17, 15) is 4.79 Å². The van der Waals surface area contributed by atoms with Crippen molar-refractivity contribution in [2.45, 2.75) is 32.1 Å². The molecule has 0 saturated heterocycles. The van der Waals surface area contributed by atoms with Gasteiger partial charge in [-0.15, -0.1) is 11.8 Å². The standard InChI is InChI=1S/C23H29N3OS2/c1-4-25(5-2)15-16-26(21(27)14-17-28-19-11-7-6-8-12-19)23-24-22-18(3)10-9-13-20(22)29-23/h6-13H,4-5,14-17H2,1-3H3/p+1. The van der Waals surface area contributed by atoms with E-state index in [0.717, 1.165) is 46.3 Å². The highest BCUT2D eigenvalue weighted by molar-refractivity contribution is 7.99. The van der Waals surface area contributed by atoms with Crippen LogP contribution in [0.3, 0.4) is 0 Å². The lowest BCUT2D eigenvalue weighted by Gasteiger charge is -2.23. The zero-order valence-electron chi connectivity index (χ0n) is 17.5. The zero-order valence-corrected chi connectivity index (χ0v) is 19.1. The van der Waals surface area contributed by atoms with E-state index in [2.05, 4.69) is 51.1 Å². The predicted molar refractivity (Wildman–Crippen MR) is 125 cm³/mol. The minimum atomic E-state index is 0.164. The number of likely N-dealkylation sites (N-methyl/N-ethyl adjacent to an activating group) is 1. The van der Waals surface area contributed by atoms with Crippen molar-refractivity contribution in [3.63, 3.8) is 0 Å². The van der Waals surface area contributed by atoms with Crippen LogP contribution in [0.1, 0.15) is 25.8 Å². The number of hydrogen-bond donors (Lipinski definition) is 1. The Hall–Kier alpha value is -1.89. The van der Waals surface area contributed by atoms with Gasteiger partial charge >= 0.3 is 0 Å². The van der Waals surface area contributed by atoms with E-state index in [1.165, 1.54) is 9.80 Å². The maximum Gasteiger partial charge on any atom is 0.229 e. The minimum Gasteiger partial charge on any atom is -0.334 e. The van der Waals surface area contributed by atoms with Crippen molar-refractivity contribution in [3.05, 3.63) is 54.1 Å². The first-order valence-electron chi connectivity index (χ1n) is 10.3. The van der Waals surface area contributed by atoms with E-state index in [-0.39, 0.29) is 5.91 Å². The Balaban J connectivity index is 1.74. The highest BCUT2D eigenvalue weighted by Gasteiger charge is 2.21. The SMILES string of the molecule is CC[NH+](CC)CCN(C(=O)CCSc1ccccc1)c1nc2c(C)cccc2s1. The molecule has 3 aromatic rings. The van der Waals surface area contributed by atoms with Crippen LogP contribution < -0.4 is 9.80 Å². The summed E-state index contributed by atoms with van der Waals surface area (Å²) in [5.41, 5.74) is 2.17. The van der Waals surface area contributed by atoms with Crippen LogP contribution in [0.2, 0.25) is 0 Å². The van der Waals surface area contributed by atoms with Crippen molar-refractivity contribution in [2.24, 2.45) is 0 Å². The summed E-state index contributed by atoms with van der Waals surface area (Å²) in [4.78, 5) is 22.6. The second kappa shape index (κ2) is 10.8. The van der Waals surface area contributed by atoms with Gasteiger partial charge in [-0.1, -0.05) is 41.7 Å². The van der Waals surface area contributed by atoms with Crippen LogP contribution in [-0.4, -0.2) is 42.8 Å². The number of aryl methyl sites for hydroxylation is 1. The molecule has 0 aliphatic rings. The van der Waals surface area contributed by atoms with Gasteiger partial charge in [0.1, 0.15) is 0 Å². The van der Waals surface area contributed by atoms with Gasteiger partial charge < -0.3 is 4.90 Å². The average Bonchev–Trinajstić information content (AvgIpc) is 3.17.